The van der Waals surface area contributed by atoms with Crippen molar-refractivity contribution >= 4 is 5.97 Å². The molecule has 84 valence electrons. The molecule has 1 unspecified atom stereocenters. The van der Waals surface area contributed by atoms with Crippen molar-refractivity contribution in [2.45, 2.75) is 13.5 Å². The van der Waals surface area contributed by atoms with Crippen LogP contribution in [0.4, 0.5) is 0 Å². The largest absolute Gasteiger partial charge is 0.481 e. The molecule has 6 heteroatoms. The van der Waals surface area contributed by atoms with Gasteiger partial charge in [-0.1, -0.05) is 12.1 Å². The van der Waals surface area contributed by atoms with Gasteiger partial charge in [0.1, 0.15) is 0 Å². The number of carboxylic acid groups (broad SMARTS) is 1. The highest BCUT2D eigenvalue weighted by molar-refractivity contribution is 5.69. The van der Waals surface area contributed by atoms with E-state index < -0.39 is 5.97 Å². The van der Waals surface area contributed by atoms with Gasteiger partial charge in [0.2, 0.25) is 0 Å². The maximum Gasteiger partial charge on any atom is 0.307 e. The van der Waals surface area contributed by atoms with E-state index in [0.29, 0.717) is 13.1 Å². The molecule has 0 aliphatic carbocycles. The molecular formula is C9H16N4O2. The fourth-order valence-corrected chi connectivity index (χ4v) is 1.35. The molecule has 1 rings (SSSR count). The normalized spacial score (nSPS) is 13.1. The van der Waals surface area contributed by atoms with Crippen LogP contribution in [0.2, 0.25) is 0 Å². The van der Waals surface area contributed by atoms with Gasteiger partial charge in [0.15, 0.2) is 0 Å². The maximum absolute atomic E-state index is 10.6. The third kappa shape index (κ3) is 3.67. The lowest BCUT2D eigenvalue weighted by Crippen LogP contribution is -2.28. The summed E-state index contributed by atoms with van der Waals surface area (Å²) in [5.74, 6) is -1.15. The number of carbonyl (C=O) groups is 1. The maximum atomic E-state index is 10.6. The van der Waals surface area contributed by atoms with Gasteiger partial charge in [0, 0.05) is 26.3 Å². The zero-order valence-electron chi connectivity index (χ0n) is 9.21. The van der Waals surface area contributed by atoms with Gasteiger partial charge < -0.3 is 5.11 Å². The molecule has 0 saturated carbocycles. The summed E-state index contributed by atoms with van der Waals surface area (Å²) in [7, 11) is 3.67. The van der Waals surface area contributed by atoms with E-state index in [9.17, 15) is 4.79 Å². The molecule has 1 heterocycles. The number of aryl methyl sites for hydroxylation is 1. The van der Waals surface area contributed by atoms with Crippen molar-refractivity contribution in [3.8, 4) is 0 Å². The number of hydrogen-bond acceptors (Lipinski definition) is 4. The minimum Gasteiger partial charge on any atom is -0.481 e. The molecule has 6 nitrogen and oxygen atoms in total. The van der Waals surface area contributed by atoms with Crippen molar-refractivity contribution in [3.63, 3.8) is 0 Å². The van der Waals surface area contributed by atoms with Crippen LogP contribution in [0.5, 0.6) is 0 Å². The Labute approximate surface area is 88.5 Å². The molecule has 0 fully saturated rings. The highest BCUT2D eigenvalue weighted by Gasteiger charge is 2.14. The Kier molecular flexibility index (Phi) is 3.79. The Morgan fingerprint density at radius 2 is 2.40 bits per heavy atom. The monoisotopic (exact) mass is 212 g/mol. The molecule has 1 aromatic heterocycles. The smallest absolute Gasteiger partial charge is 0.307 e. The lowest BCUT2D eigenvalue weighted by molar-refractivity contribution is -0.141. The number of aliphatic carboxylic acids is 1. The predicted octanol–water partition coefficient (Wildman–Crippen LogP) is -0.0324. The van der Waals surface area contributed by atoms with Gasteiger partial charge in [0.05, 0.1) is 11.6 Å². The van der Waals surface area contributed by atoms with Crippen LogP contribution in [0.15, 0.2) is 6.20 Å². The number of rotatable bonds is 5. The van der Waals surface area contributed by atoms with E-state index in [1.165, 1.54) is 0 Å². The van der Waals surface area contributed by atoms with E-state index in [-0.39, 0.29) is 5.92 Å². The first-order valence-corrected chi connectivity index (χ1v) is 4.75. The first-order chi connectivity index (χ1) is 6.99. The molecule has 0 saturated heterocycles. The van der Waals surface area contributed by atoms with Crippen LogP contribution in [0.1, 0.15) is 12.6 Å². The SMILES string of the molecule is CC(CN(C)Cc1cn(C)nn1)C(=O)O. The quantitative estimate of drug-likeness (QED) is 0.742. The molecule has 1 atom stereocenters. The fourth-order valence-electron chi connectivity index (χ4n) is 1.35. The number of carboxylic acids is 1. The third-order valence-corrected chi connectivity index (χ3v) is 2.09. The Morgan fingerprint density at radius 1 is 1.73 bits per heavy atom. The van der Waals surface area contributed by atoms with Crippen molar-refractivity contribution in [2.75, 3.05) is 13.6 Å². The second-order valence-electron chi connectivity index (χ2n) is 3.82. The highest BCUT2D eigenvalue weighted by Crippen LogP contribution is 2.02. The molecule has 15 heavy (non-hydrogen) atoms. The molecule has 0 bridgehead atoms. The van der Waals surface area contributed by atoms with E-state index in [1.54, 1.807) is 18.7 Å². The zero-order valence-corrected chi connectivity index (χ0v) is 9.21. The van der Waals surface area contributed by atoms with E-state index in [1.807, 2.05) is 18.1 Å². The van der Waals surface area contributed by atoms with E-state index in [0.717, 1.165) is 5.69 Å². The van der Waals surface area contributed by atoms with E-state index >= 15 is 0 Å². The number of aromatic nitrogens is 3. The second kappa shape index (κ2) is 4.88. The summed E-state index contributed by atoms with van der Waals surface area (Å²) in [5.41, 5.74) is 0.845. The minimum absolute atomic E-state index is 0.369. The van der Waals surface area contributed by atoms with Gasteiger partial charge in [0.25, 0.3) is 0 Å². The summed E-state index contributed by atoms with van der Waals surface area (Å²) in [5, 5.41) is 16.5. The summed E-state index contributed by atoms with van der Waals surface area (Å²) in [4.78, 5) is 12.6. The average Bonchev–Trinajstić information content (AvgIpc) is 2.50. The first kappa shape index (κ1) is 11.6. The summed E-state index contributed by atoms with van der Waals surface area (Å²) < 4.78 is 1.63. The average molecular weight is 212 g/mol. The van der Waals surface area contributed by atoms with Gasteiger partial charge in [-0.3, -0.25) is 14.4 Å². The number of nitrogens with zero attached hydrogens (tertiary/aromatic N) is 4. The Bertz CT molecular complexity index is 337. The van der Waals surface area contributed by atoms with Crippen molar-refractivity contribution < 1.29 is 9.90 Å². The molecule has 1 N–H and O–H groups in total. The lowest BCUT2D eigenvalue weighted by atomic mass is 10.2. The van der Waals surface area contributed by atoms with Crippen LogP contribution in [-0.4, -0.2) is 44.6 Å². The number of hydrogen-bond donors (Lipinski definition) is 1. The van der Waals surface area contributed by atoms with Crippen molar-refractivity contribution in [3.05, 3.63) is 11.9 Å². The van der Waals surface area contributed by atoms with Crippen LogP contribution in [0.3, 0.4) is 0 Å². The van der Waals surface area contributed by atoms with Crippen molar-refractivity contribution in [1.29, 1.82) is 0 Å². The van der Waals surface area contributed by atoms with Gasteiger partial charge in [-0.05, 0) is 7.05 Å². The molecule has 0 aliphatic rings. The summed E-state index contributed by atoms with van der Waals surface area (Å²) in [6, 6.07) is 0. The highest BCUT2D eigenvalue weighted by atomic mass is 16.4. The van der Waals surface area contributed by atoms with Crippen molar-refractivity contribution in [2.24, 2.45) is 13.0 Å². The fraction of sp³-hybridized carbons (Fsp3) is 0.667. The molecular weight excluding hydrogens is 196 g/mol. The predicted molar refractivity (Wildman–Crippen MR) is 54.1 cm³/mol. The Hall–Kier alpha value is -1.43. The second-order valence-corrected chi connectivity index (χ2v) is 3.82. The van der Waals surface area contributed by atoms with E-state index in [2.05, 4.69) is 10.3 Å². The summed E-state index contributed by atoms with van der Waals surface area (Å²) in [6.45, 7) is 2.81. The summed E-state index contributed by atoms with van der Waals surface area (Å²) in [6.07, 6.45) is 1.82. The standard InChI is InChI=1S/C9H16N4O2/c1-7(9(14)15)4-12(2)5-8-6-13(3)11-10-8/h6-7H,4-5H2,1-3H3,(H,14,15). The molecule has 0 aliphatic heterocycles. The van der Waals surface area contributed by atoms with Crippen molar-refractivity contribution in [1.82, 2.24) is 19.9 Å². The van der Waals surface area contributed by atoms with Gasteiger partial charge >= 0.3 is 5.97 Å². The molecule has 0 amide bonds. The molecule has 0 aromatic carbocycles. The lowest BCUT2D eigenvalue weighted by Gasteiger charge is -2.17. The topological polar surface area (TPSA) is 71.2 Å². The molecule has 0 spiro atoms. The van der Waals surface area contributed by atoms with E-state index in [4.69, 9.17) is 5.11 Å². The Balaban J connectivity index is 2.42. The van der Waals surface area contributed by atoms with Crippen LogP contribution >= 0.6 is 0 Å². The summed E-state index contributed by atoms with van der Waals surface area (Å²) >= 11 is 0. The van der Waals surface area contributed by atoms with Gasteiger partial charge in [-0.2, -0.15) is 0 Å². The van der Waals surface area contributed by atoms with Gasteiger partial charge in [-0.15, -0.1) is 5.10 Å². The zero-order chi connectivity index (χ0) is 11.4. The van der Waals surface area contributed by atoms with Crippen LogP contribution < -0.4 is 0 Å². The van der Waals surface area contributed by atoms with Crippen LogP contribution in [0.25, 0.3) is 0 Å². The minimum atomic E-state index is -0.777. The molecule has 1 aromatic rings. The third-order valence-electron chi connectivity index (χ3n) is 2.09. The molecule has 0 radical (unpaired) electrons. The van der Waals surface area contributed by atoms with Crippen LogP contribution in [-0.2, 0) is 18.4 Å². The van der Waals surface area contributed by atoms with Crippen LogP contribution in [0, 0.1) is 5.92 Å². The van der Waals surface area contributed by atoms with Gasteiger partial charge in [-0.25, -0.2) is 0 Å². The Morgan fingerprint density at radius 3 is 2.87 bits per heavy atom. The first-order valence-electron chi connectivity index (χ1n) is 4.75.